The molecule has 7 rings (SSSR count). The lowest BCUT2D eigenvalue weighted by Crippen LogP contribution is -2.44. The number of hydrogen-bond donors (Lipinski definition) is 2. The number of nitrogens with zero attached hydrogens (tertiary/aromatic N) is 3. The van der Waals surface area contributed by atoms with Crippen LogP contribution in [0.4, 0.5) is 5.69 Å². The van der Waals surface area contributed by atoms with Gasteiger partial charge in [0.25, 0.3) is 17.4 Å². The summed E-state index contributed by atoms with van der Waals surface area (Å²) in [6.45, 7) is 4.23. The SMILES string of the molecule is CCCC1(O)C(=O)OCc2c1cc1n(c2=O)Cc2c-1nc1ccc(OC(=O)c3ccc(NC(=O)CCCCCN4C(=O)C=CC4=O)cc3)cc1c2CC. The van der Waals surface area contributed by atoms with E-state index >= 15 is 0 Å². The number of rotatable bonds is 12. The Bertz CT molecular complexity index is 2270. The summed E-state index contributed by atoms with van der Waals surface area (Å²) in [5.74, 6) is -1.84. The van der Waals surface area contributed by atoms with E-state index in [0.717, 1.165) is 16.5 Å². The van der Waals surface area contributed by atoms with Gasteiger partial charge < -0.3 is 24.5 Å². The number of carbonyl (C=O) groups excluding carboxylic acids is 5. The first-order valence-electron chi connectivity index (χ1n) is 17.8. The van der Waals surface area contributed by atoms with Crippen LogP contribution >= 0.6 is 0 Å². The summed E-state index contributed by atoms with van der Waals surface area (Å²) in [6.07, 6.45) is 5.91. The molecule has 0 saturated carbocycles. The number of aryl methyl sites for hydroxylation is 1. The second-order valence-electron chi connectivity index (χ2n) is 13.4. The number of imide groups is 1. The molecule has 0 bridgehead atoms. The fourth-order valence-electron chi connectivity index (χ4n) is 7.33. The van der Waals surface area contributed by atoms with Crippen LogP contribution in [-0.2, 0) is 49.1 Å². The third kappa shape index (κ3) is 6.52. The van der Waals surface area contributed by atoms with Crippen molar-refractivity contribution in [3.63, 3.8) is 0 Å². The third-order valence-electron chi connectivity index (χ3n) is 10.0. The van der Waals surface area contributed by atoms with Crippen LogP contribution in [0, 0.1) is 0 Å². The molecule has 1 unspecified atom stereocenters. The zero-order valence-electron chi connectivity index (χ0n) is 29.4. The van der Waals surface area contributed by atoms with Crippen LogP contribution in [0.1, 0.15) is 85.0 Å². The number of cyclic esters (lactones) is 1. The van der Waals surface area contributed by atoms with E-state index in [2.05, 4.69) is 5.32 Å². The highest BCUT2D eigenvalue weighted by molar-refractivity contribution is 6.12. The number of anilines is 1. The minimum Gasteiger partial charge on any atom is -0.458 e. The van der Waals surface area contributed by atoms with Gasteiger partial charge in [0.1, 0.15) is 12.4 Å². The van der Waals surface area contributed by atoms with Gasteiger partial charge in [-0.25, -0.2) is 14.6 Å². The van der Waals surface area contributed by atoms with Crippen molar-refractivity contribution in [2.75, 3.05) is 11.9 Å². The molecular weight excluding hydrogens is 680 g/mol. The molecule has 53 heavy (non-hydrogen) atoms. The first-order chi connectivity index (χ1) is 25.5. The Balaban J connectivity index is 1.02. The number of ether oxygens (including phenoxy) is 2. The molecule has 3 aliphatic heterocycles. The van der Waals surface area contributed by atoms with Gasteiger partial charge in [0.15, 0.2) is 5.60 Å². The Kier molecular flexibility index (Phi) is 9.52. The van der Waals surface area contributed by atoms with Gasteiger partial charge in [-0.3, -0.25) is 24.1 Å². The van der Waals surface area contributed by atoms with Crippen molar-refractivity contribution in [1.29, 1.82) is 0 Å². The van der Waals surface area contributed by atoms with Crippen LogP contribution in [-0.4, -0.2) is 55.8 Å². The van der Waals surface area contributed by atoms with Gasteiger partial charge >= 0.3 is 11.9 Å². The van der Waals surface area contributed by atoms with E-state index in [1.807, 2.05) is 13.8 Å². The lowest BCUT2D eigenvalue weighted by molar-refractivity contribution is -0.172. The molecule has 5 heterocycles. The minimum atomic E-state index is -1.90. The van der Waals surface area contributed by atoms with Crippen molar-refractivity contribution in [2.24, 2.45) is 0 Å². The van der Waals surface area contributed by atoms with Gasteiger partial charge in [0, 0.05) is 47.3 Å². The Morgan fingerprint density at radius 1 is 0.962 bits per heavy atom. The summed E-state index contributed by atoms with van der Waals surface area (Å²) in [5.41, 5.74) is 2.68. The Morgan fingerprint density at radius 3 is 2.43 bits per heavy atom. The summed E-state index contributed by atoms with van der Waals surface area (Å²) in [5, 5.41) is 15.0. The lowest BCUT2D eigenvalue weighted by atomic mass is 9.84. The molecule has 0 fully saturated rings. The van der Waals surface area contributed by atoms with Crippen LogP contribution < -0.4 is 15.6 Å². The van der Waals surface area contributed by atoms with E-state index in [-0.39, 0.29) is 66.0 Å². The molecule has 272 valence electrons. The summed E-state index contributed by atoms with van der Waals surface area (Å²) in [6, 6.07) is 13.2. The molecule has 2 aromatic carbocycles. The predicted molar refractivity (Wildman–Crippen MR) is 193 cm³/mol. The molecular formula is C40H38N4O9. The van der Waals surface area contributed by atoms with Gasteiger partial charge in [0.05, 0.1) is 34.6 Å². The summed E-state index contributed by atoms with van der Waals surface area (Å²) in [4.78, 5) is 81.3. The predicted octanol–water partition coefficient (Wildman–Crippen LogP) is 4.68. The fraction of sp³-hybridized carbons (Fsp3) is 0.325. The molecule has 0 radical (unpaired) electrons. The summed E-state index contributed by atoms with van der Waals surface area (Å²) in [7, 11) is 0. The van der Waals surface area contributed by atoms with Crippen molar-refractivity contribution < 1.29 is 38.6 Å². The number of unbranched alkanes of at least 4 members (excludes halogenated alkanes) is 2. The highest BCUT2D eigenvalue weighted by Gasteiger charge is 2.46. The first-order valence-corrected chi connectivity index (χ1v) is 17.8. The maximum absolute atomic E-state index is 13.7. The molecule has 0 aliphatic carbocycles. The number of fused-ring (bicyclic) bond motifs is 5. The average Bonchev–Trinajstić information content (AvgIpc) is 3.67. The average molecular weight is 719 g/mol. The van der Waals surface area contributed by atoms with Gasteiger partial charge in [-0.2, -0.15) is 0 Å². The van der Waals surface area contributed by atoms with Crippen molar-refractivity contribution in [3.8, 4) is 17.1 Å². The second-order valence-corrected chi connectivity index (χ2v) is 13.4. The van der Waals surface area contributed by atoms with E-state index in [4.69, 9.17) is 14.5 Å². The lowest BCUT2D eigenvalue weighted by Gasteiger charge is -2.32. The third-order valence-corrected chi connectivity index (χ3v) is 10.0. The summed E-state index contributed by atoms with van der Waals surface area (Å²) < 4.78 is 12.6. The fourth-order valence-corrected chi connectivity index (χ4v) is 7.33. The highest BCUT2D eigenvalue weighted by atomic mass is 16.6. The molecule has 1 atom stereocenters. The van der Waals surface area contributed by atoms with Crippen LogP contribution in [0.2, 0.25) is 0 Å². The van der Waals surface area contributed by atoms with E-state index in [9.17, 15) is 33.9 Å². The molecule has 4 aromatic rings. The number of benzene rings is 2. The largest absolute Gasteiger partial charge is 0.458 e. The van der Waals surface area contributed by atoms with Crippen molar-refractivity contribution in [2.45, 2.75) is 77.5 Å². The van der Waals surface area contributed by atoms with E-state index < -0.39 is 17.5 Å². The zero-order chi connectivity index (χ0) is 37.4. The number of aromatic nitrogens is 2. The monoisotopic (exact) mass is 718 g/mol. The quantitative estimate of drug-likeness (QED) is 0.0798. The second kappa shape index (κ2) is 14.2. The molecule has 3 aliphatic rings. The molecule has 0 spiro atoms. The summed E-state index contributed by atoms with van der Waals surface area (Å²) >= 11 is 0. The van der Waals surface area contributed by atoms with Crippen LogP contribution in [0.5, 0.6) is 5.75 Å². The number of nitrogens with one attached hydrogen (secondary N) is 1. The molecule has 2 N–H and O–H groups in total. The molecule has 13 heteroatoms. The topological polar surface area (TPSA) is 174 Å². The number of hydrogen-bond acceptors (Lipinski definition) is 10. The van der Waals surface area contributed by atoms with Gasteiger partial charge in [0.2, 0.25) is 5.91 Å². The molecule has 13 nitrogen and oxygen atoms in total. The highest BCUT2D eigenvalue weighted by Crippen LogP contribution is 2.41. The van der Waals surface area contributed by atoms with Crippen molar-refractivity contribution in [1.82, 2.24) is 14.5 Å². The van der Waals surface area contributed by atoms with Crippen LogP contribution in [0.15, 0.2) is 65.5 Å². The Morgan fingerprint density at radius 2 is 1.72 bits per heavy atom. The smallest absolute Gasteiger partial charge is 0.343 e. The normalized spacial score (nSPS) is 17.1. The van der Waals surface area contributed by atoms with Crippen molar-refractivity contribution >= 4 is 46.3 Å². The number of aliphatic hydroxyl groups is 1. The van der Waals surface area contributed by atoms with E-state index in [0.29, 0.717) is 67.0 Å². The maximum Gasteiger partial charge on any atom is 0.343 e. The van der Waals surface area contributed by atoms with Gasteiger partial charge in [-0.1, -0.05) is 26.7 Å². The molecule has 0 saturated heterocycles. The number of esters is 2. The van der Waals surface area contributed by atoms with E-state index in [1.165, 1.54) is 17.1 Å². The van der Waals surface area contributed by atoms with Crippen molar-refractivity contribution in [3.05, 3.63) is 98.9 Å². The Hall–Kier alpha value is -5.95. The minimum absolute atomic E-state index is 0.123. The molecule has 2 aromatic heterocycles. The maximum atomic E-state index is 13.7. The Labute approximate surface area is 304 Å². The number of amides is 3. The number of pyridine rings is 2. The van der Waals surface area contributed by atoms with Crippen LogP contribution in [0.25, 0.3) is 22.3 Å². The zero-order valence-corrected chi connectivity index (χ0v) is 29.4. The van der Waals surface area contributed by atoms with Crippen LogP contribution in [0.3, 0.4) is 0 Å². The molecule has 3 amide bonds. The van der Waals surface area contributed by atoms with Gasteiger partial charge in [-0.15, -0.1) is 0 Å². The van der Waals surface area contributed by atoms with Gasteiger partial charge in [-0.05, 0) is 79.8 Å². The van der Waals surface area contributed by atoms with E-state index in [1.54, 1.807) is 53.1 Å². The standard InChI is InChI=1S/C40H38N4O9/c1-3-17-40(51)30-20-32-36-28(21-44(32)37(48)29(30)22-52-39(40)50)26(4-2)27-19-25(13-14-31(27)42-36)53-38(49)23-9-11-24(12-10-23)41-33(45)8-6-5-7-18-43-34(46)15-16-35(43)47/h9-16,19-20,51H,3-8,17-18,21-22H2,1-2H3,(H,41,45). The first kappa shape index (κ1) is 35.5. The number of carbonyl (C=O) groups is 5.